The molecule has 6 heteroatoms. The molecule has 30 heavy (non-hydrogen) atoms. The third-order valence-electron chi connectivity index (χ3n) is 8.38. The maximum absolute atomic E-state index is 13.5. The summed E-state index contributed by atoms with van der Waals surface area (Å²) in [6.07, 6.45) is 9.20. The fourth-order valence-electron chi connectivity index (χ4n) is 6.66. The van der Waals surface area contributed by atoms with E-state index in [0.29, 0.717) is 42.2 Å². The van der Waals surface area contributed by atoms with Crippen molar-refractivity contribution in [3.8, 4) is 0 Å². The summed E-state index contributed by atoms with van der Waals surface area (Å²) in [6.45, 7) is 9.97. The van der Waals surface area contributed by atoms with E-state index < -0.39 is 14.6 Å². The van der Waals surface area contributed by atoms with Crippen LogP contribution in [0.2, 0.25) is 0 Å². The highest BCUT2D eigenvalue weighted by Crippen LogP contribution is 2.46. The molecule has 4 aliphatic rings. The van der Waals surface area contributed by atoms with Gasteiger partial charge in [0.1, 0.15) is 0 Å². The Balaban J connectivity index is 1.80. The first-order valence-corrected chi connectivity index (χ1v) is 14.1. The van der Waals surface area contributed by atoms with Gasteiger partial charge in [0.15, 0.2) is 9.84 Å². The Morgan fingerprint density at radius 2 is 1.93 bits per heavy atom. The molecule has 0 spiro atoms. The second-order valence-electron chi connectivity index (χ2n) is 10.8. The Hall–Kier alpha value is -0.170. The van der Waals surface area contributed by atoms with Gasteiger partial charge in [0.05, 0.1) is 23.8 Å². The highest BCUT2D eigenvalue weighted by Gasteiger charge is 2.48. The summed E-state index contributed by atoms with van der Waals surface area (Å²) in [5.74, 6) is 2.49. The van der Waals surface area contributed by atoms with E-state index in [0.717, 1.165) is 51.8 Å². The molecule has 2 aliphatic heterocycles. The van der Waals surface area contributed by atoms with Crippen LogP contribution in [-0.4, -0.2) is 63.3 Å². The number of rotatable bonds is 3. The van der Waals surface area contributed by atoms with Crippen LogP contribution in [0.5, 0.6) is 0 Å². The van der Waals surface area contributed by atoms with Gasteiger partial charge in [-0.25, -0.2) is 8.42 Å². The quantitative estimate of drug-likeness (QED) is 0.714. The second-order valence-corrected chi connectivity index (χ2v) is 13.3. The zero-order valence-electron chi connectivity index (χ0n) is 19.9. The molecule has 2 aliphatic carbocycles. The number of hydrogen-bond donors (Lipinski definition) is 1. The molecule has 1 N–H and O–H groups in total. The average Bonchev–Trinajstić information content (AvgIpc) is 2.69. The molecule has 0 aromatic rings. The SMILES string of the molecule is CCCS(=O)(=O)C12CCC(C(C)COCNC3CCCC(C3)CN(C)CC1)C(C)C2. The molecule has 4 fully saturated rings. The monoisotopic (exact) mass is 442 g/mol. The van der Waals surface area contributed by atoms with Crippen molar-refractivity contribution in [2.45, 2.75) is 89.3 Å². The molecule has 4 bridgehead atoms. The Morgan fingerprint density at radius 3 is 2.67 bits per heavy atom. The maximum atomic E-state index is 13.5. The largest absolute Gasteiger partial charge is 0.366 e. The minimum atomic E-state index is -3.08. The van der Waals surface area contributed by atoms with Crippen molar-refractivity contribution in [3.63, 3.8) is 0 Å². The number of nitrogens with zero attached hydrogens (tertiary/aromatic N) is 1. The normalized spacial score (nSPS) is 40.3. The highest BCUT2D eigenvalue weighted by atomic mass is 32.2. The Bertz CT molecular complexity index is 640. The van der Waals surface area contributed by atoms with E-state index in [1.54, 1.807) is 0 Å². The number of nitrogens with one attached hydrogen (secondary N) is 1. The molecular formula is C24H46N2O3S. The Labute approximate surface area is 185 Å². The van der Waals surface area contributed by atoms with Crippen LogP contribution >= 0.6 is 0 Å². The smallest absolute Gasteiger partial charge is 0.156 e. The lowest BCUT2D eigenvalue weighted by Gasteiger charge is -2.46. The first-order valence-electron chi connectivity index (χ1n) is 12.5. The first kappa shape index (κ1) is 24.5. The first-order chi connectivity index (χ1) is 14.3. The van der Waals surface area contributed by atoms with Gasteiger partial charge >= 0.3 is 0 Å². The summed E-state index contributed by atoms with van der Waals surface area (Å²) in [4.78, 5) is 2.41. The van der Waals surface area contributed by atoms with Gasteiger partial charge < -0.3 is 9.64 Å². The van der Waals surface area contributed by atoms with Crippen LogP contribution in [0.25, 0.3) is 0 Å². The molecule has 6 atom stereocenters. The third-order valence-corrected chi connectivity index (χ3v) is 11.2. The molecule has 4 rings (SSSR count). The molecule has 0 aromatic heterocycles. The lowest BCUT2D eigenvalue weighted by atomic mass is 9.69. The van der Waals surface area contributed by atoms with Crippen LogP contribution in [0.3, 0.4) is 0 Å². The van der Waals surface area contributed by atoms with Crippen molar-refractivity contribution in [1.82, 2.24) is 10.2 Å². The van der Waals surface area contributed by atoms with Crippen molar-refractivity contribution < 1.29 is 13.2 Å². The maximum Gasteiger partial charge on any atom is 0.156 e. The molecule has 2 heterocycles. The van der Waals surface area contributed by atoms with Crippen LogP contribution in [-0.2, 0) is 14.6 Å². The van der Waals surface area contributed by atoms with Crippen LogP contribution in [0.1, 0.15) is 78.6 Å². The highest BCUT2D eigenvalue weighted by molar-refractivity contribution is 7.92. The van der Waals surface area contributed by atoms with E-state index in [4.69, 9.17) is 4.74 Å². The van der Waals surface area contributed by atoms with Crippen LogP contribution in [0.4, 0.5) is 0 Å². The van der Waals surface area contributed by atoms with E-state index in [1.165, 1.54) is 25.7 Å². The second kappa shape index (κ2) is 10.6. The number of hydrogen-bond acceptors (Lipinski definition) is 5. The molecule has 0 aromatic carbocycles. The molecular weight excluding hydrogens is 396 g/mol. The van der Waals surface area contributed by atoms with Gasteiger partial charge in [0.2, 0.25) is 0 Å². The van der Waals surface area contributed by atoms with Gasteiger partial charge in [-0.2, -0.15) is 0 Å². The van der Waals surface area contributed by atoms with Gasteiger partial charge in [-0.05, 0) is 88.6 Å². The van der Waals surface area contributed by atoms with Crippen molar-refractivity contribution >= 4 is 9.84 Å². The lowest BCUT2D eigenvalue weighted by Crippen LogP contribution is -2.49. The summed E-state index contributed by atoms with van der Waals surface area (Å²) in [5, 5.41) is 3.64. The van der Waals surface area contributed by atoms with Gasteiger partial charge in [0, 0.05) is 12.6 Å². The fourth-order valence-corrected chi connectivity index (χ4v) is 8.98. The predicted octanol–water partition coefficient (Wildman–Crippen LogP) is 4.08. The van der Waals surface area contributed by atoms with Crippen molar-refractivity contribution in [2.75, 3.05) is 39.2 Å². The van der Waals surface area contributed by atoms with Gasteiger partial charge in [-0.3, -0.25) is 5.32 Å². The van der Waals surface area contributed by atoms with Gasteiger partial charge in [-0.1, -0.05) is 27.2 Å². The van der Waals surface area contributed by atoms with E-state index in [1.807, 2.05) is 6.92 Å². The van der Waals surface area contributed by atoms with E-state index in [9.17, 15) is 8.42 Å². The predicted molar refractivity (Wildman–Crippen MR) is 124 cm³/mol. The van der Waals surface area contributed by atoms with Crippen LogP contribution < -0.4 is 5.32 Å². The van der Waals surface area contributed by atoms with Crippen molar-refractivity contribution in [2.24, 2.45) is 23.7 Å². The summed E-state index contributed by atoms with van der Waals surface area (Å²) in [5.41, 5.74) is 0. The van der Waals surface area contributed by atoms with E-state index in [2.05, 4.69) is 31.1 Å². The molecule has 2 saturated heterocycles. The average molecular weight is 443 g/mol. The number of sulfone groups is 1. The molecule has 0 radical (unpaired) electrons. The van der Waals surface area contributed by atoms with Crippen molar-refractivity contribution in [1.29, 1.82) is 0 Å². The zero-order valence-corrected chi connectivity index (χ0v) is 20.7. The molecule has 5 nitrogen and oxygen atoms in total. The summed E-state index contributed by atoms with van der Waals surface area (Å²) >= 11 is 0. The minimum absolute atomic E-state index is 0.336. The molecule has 6 unspecified atom stereocenters. The standard InChI is InChI=1S/C24H46N2O3S/c1-5-13-30(27,28)24-10-9-23(19(2)15-24)20(3)17-29-18-25-22-8-6-7-21(14-22)16-26(4)12-11-24/h19-23,25H,5-18H2,1-4H3. The number of fused-ring (bicyclic) bond motifs is 9. The topological polar surface area (TPSA) is 58.6 Å². The molecule has 2 saturated carbocycles. The zero-order chi connectivity index (χ0) is 21.8. The van der Waals surface area contributed by atoms with Crippen LogP contribution in [0.15, 0.2) is 0 Å². The third kappa shape index (κ3) is 5.79. The lowest BCUT2D eigenvalue weighted by molar-refractivity contribution is 0.0330. The fraction of sp³-hybridized carbons (Fsp3) is 1.00. The van der Waals surface area contributed by atoms with E-state index >= 15 is 0 Å². The van der Waals surface area contributed by atoms with E-state index in [-0.39, 0.29) is 0 Å². The summed E-state index contributed by atoms with van der Waals surface area (Å²) < 4.78 is 32.4. The van der Waals surface area contributed by atoms with Crippen molar-refractivity contribution in [3.05, 3.63) is 0 Å². The minimum Gasteiger partial charge on any atom is -0.366 e. The number of ether oxygens (including phenoxy) is 1. The van der Waals surface area contributed by atoms with Crippen LogP contribution in [0, 0.1) is 23.7 Å². The van der Waals surface area contributed by atoms with Gasteiger partial charge in [-0.15, -0.1) is 0 Å². The molecule has 176 valence electrons. The Morgan fingerprint density at radius 1 is 1.13 bits per heavy atom. The van der Waals surface area contributed by atoms with Gasteiger partial charge in [0.25, 0.3) is 0 Å². The Kier molecular flexibility index (Phi) is 8.67. The summed E-state index contributed by atoms with van der Waals surface area (Å²) in [7, 11) is -0.889. The molecule has 0 amide bonds. The summed E-state index contributed by atoms with van der Waals surface area (Å²) in [6, 6.07) is 0.562.